The number of esters is 1. The number of carbonyl (C=O) groups excluding carboxylic acids is 1. The van der Waals surface area contributed by atoms with Crippen molar-refractivity contribution >= 4 is 47.2 Å². The van der Waals surface area contributed by atoms with Gasteiger partial charge in [0.25, 0.3) is 0 Å². The number of hydrogen-bond donors (Lipinski definition) is 2. The van der Waals surface area contributed by atoms with Gasteiger partial charge in [0.15, 0.2) is 0 Å². The smallest absolute Gasteiger partial charge is 0.310 e. The van der Waals surface area contributed by atoms with Crippen LogP contribution in [0.15, 0.2) is 42.5 Å². The number of likely N-dealkylation sites (N-methyl/N-ethyl adjacent to an activating group) is 1. The number of likely N-dealkylation sites (tertiary alicyclic amines) is 1. The van der Waals surface area contributed by atoms with E-state index in [4.69, 9.17) is 10.5 Å². The summed E-state index contributed by atoms with van der Waals surface area (Å²) < 4.78 is 4.89. The maximum absolute atomic E-state index is 11.9. The van der Waals surface area contributed by atoms with E-state index in [0.717, 1.165) is 5.69 Å². The second-order valence-corrected chi connectivity index (χ2v) is 7.38. The predicted octanol–water partition coefficient (Wildman–Crippen LogP) is 2.16. The second-order valence-electron chi connectivity index (χ2n) is 7.38. The van der Waals surface area contributed by atoms with Crippen LogP contribution in [-0.2, 0) is 9.53 Å². The number of anilines is 1. The monoisotopic (exact) mass is 443 g/mol. The van der Waals surface area contributed by atoms with E-state index >= 15 is 0 Å². The number of ether oxygens (including phenoxy) is 1. The van der Waals surface area contributed by atoms with Crippen molar-refractivity contribution < 1.29 is 14.6 Å². The molecule has 0 bridgehead atoms. The van der Waals surface area contributed by atoms with Crippen LogP contribution in [0.25, 0.3) is 10.8 Å². The molecule has 3 rings (SSSR count). The summed E-state index contributed by atoms with van der Waals surface area (Å²) in [4.78, 5) is 16.1. The van der Waals surface area contributed by atoms with Crippen molar-refractivity contribution in [1.82, 2.24) is 4.90 Å². The van der Waals surface area contributed by atoms with Crippen LogP contribution in [0.3, 0.4) is 0 Å². The Morgan fingerprint density at radius 3 is 2.62 bits per heavy atom. The van der Waals surface area contributed by atoms with Gasteiger partial charge in [-0.25, -0.2) is 0 Å². The Labute approximate surface area is 184 Å². The maximum Gasteiger partial charge on any atom is 0.310 e. The number of nitrogens with two attached hydrogens (primary N) is 1. The molecule has 0 spiro atoms. The number of β-amino-alcohol motifs (C(OH)–C–C–N with tert-alkyl or cyclic N) is 1. The average Bonchev–Trinajstić information content (AvgIpc) is 3.09. The Morgan fingerprint density at radius 2 is 1.93 bits per heavy atom. The third-order valence-electron chi connectivity index (χ3n) is 5.45. The number of aliphatic hydroxyl groups excluding tert-OH is 1. The lowest BCUT2D eigenvalue weighted by molar-refractivity contribution is -0.146. The Balaban J connectivity index is 0.00000210. The number of rotatable bonds is 7. The first-order valence-electron chi connectivity index (χ1n) is 9.40. The van der Waals surface area contributed by atoms with Crippen LogP contribution in [-0.4, -0.2) is 69.0 Å². The van der Waals surface area contributed by atoms with Crippen LogP contribution in [0.5, 0.6) is 0 Å². The van der Waals surface area contributed by atoms with Crippen molar-refractivity contribution in [1.29, 1.82) is 0 Å². The van der Waals surface area contributed by atoms with Gasteiger partial charge in [0.05, 0.1) is 19.1 Å². The molecule has 8 heteroatoms. The van der Waals surface area contributed by atoms with E-state index in [1.165, 1.54) is 17.9 Å². The number of methoxy groups -OCH3 is 1. The molecule has 162 valence electrons. The predicted molar refractivity (Wildman–Crippen MR) is 122 cm³/mol. The van der Waals surface area contributed by atoms with Gasteiger partial charge in [-0.1, -0.05) is 36.4 Å². The molecule has 3 N–H and O–H groups in total. The molecule has 0 aliphatic carbocycles. The molecule has 2 aromatic rings. The van der Waals surface area contributed by atoms with Gasteiger partial charge in [-0.15, -0.1) is 24.8 Å². The minimum absolute atomic E-state index is 0. The molecular weight excluding hydrogens is 413 g/mol. The topological polar surface area (TPSA) is 79.0 Å². The fraction of sp³-hybridized carbons (Fsp3) is 0.476. The average molecular weight is 444 g/mol. The summed E-state index contributed by atoms with van der Waals surface area (Å²) in [5.74, 6) is -0.334. The normalized spacial score (nSPS) is 19.9. The largest absolute Gasteiger partial charge is 0.469 e. The van der Waals surface area contributed by atoms with Crippen molar-refractivity contribution in [2.45, 2.75) is 6.10 Å². The molecular formula is C21H31Cl2N3O3. The molecule has 1 fully saturated rings. The zero-order chi connectivity index (χ0) is 19.4. The lowest BCUT2D eigenvalue weighted by Crippen LogP contribution is -2.38. The first kappa shape index (κ1) is 25.5. The number of halogens is 2. The van der Waals surface area contributed by atoms with E-state index in [-0.39, 0.29) is 42.6 Å². The molecule has 1 heterocycles. The second kappa shape index (κ2) is 11.6. The van der Waals surface area contributed by atoms with Crippen molar-refractivity contribution in [3.63, 3.8) is 0 Å². The van der Waals surface area contributed by atoms with Gasteiger partial charge in [-0.05, 0) is 23.9 Å². The van der Waals surface area contributed by atoms with Gasteiger partial charge in [0.1, 0.15) is 0 Å². The minimum Gasteiger partial charge on any atom is -0.469 e. The molecule has 6 nitrogen and oxygen atoms in total. The molecule has 29 heavy (non-hydrogen) atoms. The molecule has 1 aliphatic heterocycles. The zero-order valence-corrected chi connectivity index (χ0v) is 18.5. The highest BCUT2D eigenvalue weighted by Crippen LogP contribution is 2.27. The SMILES string of the molecule is COC(=O)[C@@H]1CN(CC(O)CN(C)c2cccc3ccccc23)C[C@H]1CN.Cl.Cl. The van der Waals surface area contributed by atoms with E-state index in [1.807, 2.05) is 25.2 Å². The Morgan fingerprint density at radius 1 is 1.24 bits per heavy atom. The fourth-order valence-electron chi connectivity index (χ4n) is 4.08. The van der Waals surface area contributed by atoms with Crippen LogP contribution < -0.4 is 10.6 Å². The van der Waals surface area contributed by atoms with Crippen LogP contribution in [0, 0.1) is 11.8 Å². The molecule has 0 aromatic heterocycles. The van der Waals surface area contributed by atoms with Crippen molar-refractivity contribution in [2.75, 3.05) is 51.8 Å². The molecule has 2 aromatic carbocycles. The Kier molecular flexibility index (Phi) is 10.2. The first-order valence-corrected chi connectivity index (χ1v) is 9.40. The van der Waals surface area contributed by atoms with E-state index in [0.29, 0.717) is 32.7 Å². The van der Waals surface area contributed by atoms with Gasteiger partial charge < -0.3 is 20.5 Å². The summed E-state index contributed by atoms with van der Waals surface area (Å²) in [6.07, 6.45) is -0.524. The third-order valence-corrected chi connectivity index (χ3v) is 5.45. The quantitative estimate of drug-likeness (QED) is 0.638. The summed E-state index contributed by atoms with van der Waals surface area (Å²) in [5.41, 5.74) is 6.91. The highest BCUT2D eigenvalue weighted by molar-refractivity contribution is 5.94. The van der Waals surface area contributed by atoms with Gasteiger partial charge in [-0.3, -0.25) is 9.69 Å². The van der Waals surface area contributed by atoms with Crippen molar-refractivity contribution in [3.05, 3.63) is 42.5 Å². The van der Waals surface area contributed by atoms with Crippen molar-refractivity contribution in [2.24, 2.45) is 17.6 Å². The first-order chi connectivity index (χ1) is 13.0. The number of benzene rings is 2. The molecule has 1 unspecified atom stereocenters. The number of nitrogens with zero attached hydrogens (tertiary/aromatic N) is 2. The summed E-state index contributed by atoms with van der Waals surface area (Å²) in [6.45, 7) is 2.77. The molecule has 0 saturated carbocycles. The fourth-order valence-corrected chi connectivity index (χ4v) is 4.08. The van der Waals surface area contributed by atoms with Crippen molar-refractivity contribution in [3.8, 4) is 0 Å². The molecule has 1 saturated heterocycles. The maximum atomic E-state index is 11.9. The lowest BCUT2D eigenvalue weighted by atomic mass is 9.97. The third kappa shape index (κ3) is 5.96. The molecule has 0 radical (unpaired) electrons. The zero-order valence-electron chi connectivity index (χ0n) is 16.9. The van der Waals surface area contributed by atoms with Crippen LogP contribution in [0.4, 0.5) is 5.69 Å². The lowest BCUT2D eigenvalue weighted by Gasteiger charge is -2.27. The van der Waals surface area contributed by atoms with Gasteiger partial charge in [-0.2, -0.15) is 0 Å². The van der Waals surface area contributed by atoms with Gasteiger partial charge in [0, 0.05) is 44.3 Å². The van der Waals surface area contributed by atoms with E-state index < -0.39 is 6.10 Å². The molecule has 0 amide bonds. The highest BCUT2D eigenvalue weighted by atomic mass is 35.5. The number of carbonyl (C=O) groups is 1. The van der Waals surface area contributed by atoms with Crippen LogP contribution in [0.1, 0.15) is 0 Å². The molecule has 1 aliphatic rings. The number of aliphatic hydroxyl groups is 1. The van der Waals surface area contributed by atoms with E-state index in [9.17, 15) is 9.90 Å². The summed E-state index contributed by atoms with van der Waals surface area (Å²) in [7, 11) is 3.40. The van der Waals surface area contributed by atoms with E-state index in [1.54, 1.807) is 0 Å². The Bertz CT molecular complexity index is 787. The van der Waals surface area contributed by atoms with Gasteiger partial charge >= 0.3 is 5.97 Å². The highest BCUT2D eigenvalue weighted by Gasteiger charge is 2.38. The summed E-state index contributed by atoms with van der Waals surface area (Å²) in [5, 5.41) is 13.0. The number of fused-ring (bicyclic) bond motifs is 1. The standard InChI is InChI=1S/C21H29N3O3.2ClH/c1-23(20-9-5-7-15-6-3-4-8-18(15)20)12-17(25)13-24-11-16(10-22)19(14-24)21(26)27-2;;/h3-9,16-17,19,25H,10-14,22H2,1-2H3;2*1H/t16-,17?,19-;;/m1../s1. The van der Waals surface area contributed by atoms with E-state index in [2.05, 4.69) is 34.1 Å². The van der Waals surface area contributed by atoms with Crippen LogP contribution >= 0.6 is 24.8 Å². The van der Waals surface area contributed by atoms with Crippen LogP contribution in [0.2, 0.25) is 0 Å². The van der Waals surface area contributed by atoms with Gasteiger partial charge in [0.2, 0.25) is 0 Å². The molecule has 3 atom stereocenters. The number of hydrogen-bond acceptors (Lipinski definition) is 6. The minimum atomic E-state index is -0.524. The Hall–Kier alpha value is -1.57. The summed E-state index contributed by atoms with van der Waals surface area (Å²) >= 11 is 0. The summed E-state index contributed by atoms with van der Waals surface area (Å²) in [6, 6.07) is 14.4.